The van der Waals surface area contributed by atoms with Gasteiger partial charge in [-0.25, -0.2) is 0 Å². The van der Waals surface area contributed by atoms with Gasteiger partial charge in [0.25, 0.3) is 0 Å². The van der Waals surface area contributed by atoms with Gasteiger partial charge >= 0.3 is 47.8 Å². The van der Waals surface area contributed by atoms with Gasteiger partial charge in [-0.05, 0) is 51.4 Å². The van der Waals surface area contributed by atoms with Crippen LogP contribution in [0.2, 0.25) is 0 Å². The second kappa shape index (κ2) is 72.5. The standard InChI is InChI=1S/C87H160O18/c1-9-17-25-33-41-49-57-77(88)98-69-85(70-99-78(89)58-50-42-34-26-18-10-2,65-96-67-86(71-100-79(90)59-51-43-35-27-19-11-3,72-101-80(91)60-52-44-36-28-20-12-4)73-102-81(92)61-53-45-37-29-21-13-5)66-97-68-87(74-103-82(93)62-54-46-38-30-22-14-6,75-104-83(94)63-55-47-39-31-23-15-7)76-105-84(95)64-56-48-40-32-24-16-8/h9-76H2,1-8H3. The van der Waals surface area contributed by atoms with Gasteiger partial charge in [0.2, 0.25) is 0 Å². The highest BCUT2D eigenvalue weighted by Gasteiger charge is 2.43. The molecular weight excluding hydrogens is 1330 g/mol. The fraction of sp³-hybridized carbons (Fsp3) is 0.908. The van der Waals surface area contributed by atoms with E-state index in [0.717, 1.165) is 257 Å². The molecule has 18 nitrogen and oxygen atoms in total. The van der Waals surface area contributed by atoms with Crippen LogP contribution in [0.25, 0.3) is 0 Å². The highest BCUT2D eigenvalue weighted by atomic mass is 16.6. The van der Waals surface area contributed by atoms with Crippen molar-refractivity contribution < 1.29 is 85.7 Å². The van der Waals surface area contributed by atoms with E-state index in [-0.39, 0.29) is 131 Å². The Hall–Kier alpha value is -4.32. The second-order valence-electron chi connectivity index (χ2n) is 30.9. The third kappa shape index (κ3) is 62.2. The van der Waals surface area contributed by atoms with E-state index < -0.39 is 64.0 Å². The molecule has 0 aromatic carbocycles. The van der Waals surface area contributed by atoms with Gasteiger partial charge in [0.05, 0.1) is 42.7 Å². The van der Waals surface area contributed by atoms with E-state index in [0.29, 0.717) is 51.4 Å². The molecule has 0 saturated heterocycles. The molecule has 0 N–H and O–H groups in total. The van der Waals surface area contributed by atoms with Crippen LogP contribution >= 0.6 is 0 Å². The number of esters is 8. The highest BCUT2D eigenvalue weighted by molar-refractivity contribution is 5.72. The number of carbonyl (C=O) groups excluding carboxylic acids is 8. The molecular formula is C87H160O18. The summed E-state index contributed by atoms with van der Waals surface area (Å²) >= 11 is 0. The normalized spacial score (nSPS) is 11.7. The quantitative estimate of drug-likeness (QED) is 0.0313. The Bertz CT molecular complexity index is 1790. The Morgan fingerprint density at radius 3 is 0.381 bits per heavy atom. The van der Waals surface area contributed by atoms with Gasteiger partial charge in [-0.1, -0.05) is 312 Å². The van der Waals surface area contributed by atoms with Crippen molar-refractivity contribution in [1.82, 2.24) is 0 Å². The van der Waals surface area contributed by atoms with Crippen molar-refractivity contribution in [1.29, 1.82) is 0 Å². The molecule has 0 amide bonds. The van der Waals surface area contributed by atoms with Gasteiger partial charge in [0.1, 0.15) is 52.9 Å². The molecule has 0 aliphatic rings. The summed E-state index contributed by atoms with van der Waals surface area (Å²) in [6, 6.07) is 0. The summed E-state index contributed by atoms with van der Waals surface area (Å²) in [6.07, 6.45) is 47.0. The Morgan fingerprint density at radius 1 is 0.152 bits per heavy atom. The minimum Gasteiger partial charge on any atom is -0.465 e. The topological polar surface area (TPSA) is 229 Å². The average molecular weight is 1490 g/mol. The zero-order valence-corrected chi connectivity index (χ0v) is 68.9. The fourth-order valence-corrected chi connectivity index (χ4v) is 12.6. The number of hydrogen-bond acceptors (Lipinski definition) is 18. The lowest BCUT2D eigenvalue weighted by Gasteiger charge is -2.37. The summed E-state index contributed by atoms with van der Waals surface area (Å²) in [7, 11) is 0. The van der Waals surface area contributed by atoms with Crippen LogP contribution in [0.3, 0.4) is 0 Å². The molecule has 0 fully saturated rings. The Morgan fingerprint density at radius 2 is 0.257 bits per heavy atom. The SMILES string of the molecule is CCCCCCCCC(=O)OCC(COCC(COC(=O)CCCCCCCC)(COC(=O)CCCCCCCC)COC(=O)CCCCCCCC)(COCC(COC(=O)CCCCCCCC)(COC(=O)CCCCCCCC)COC(=O)CCCCCCCC)COC(=O)CCCCCCCC. The molecule has 0 bridgehead atoms. The summed E-state index contributed by atoms with van der Waals surface area (Å²) in [4.78, 5) is 111. The Balaban J connectivity index is 8.27. The first-order valence-corrected chi connectivity index (χ1v) is 43.5. The van der Waals surface area contributed by atoms with Crippen LogP contribution in [-0.4, -0.2) is 127 Å². The van der Waals surface area contributed by atoms with Gasteiger partial charge in [-0.15, -0.1) is 0 Å². The molecule has 0 saturated carbocycles. The van der Waals surface area contributed by atoms with E-state index in [1.165, 1.54) is 0 Å². The molecule has 0 heterocycles. The maximum absolute atomic E-state index is 14.1. The number of unbranched alkanes of at least 4 members (excludes halogenated alkanes) is 40. The summed E-state index contributed by atoms with van der Waals surface area (Å²) < 4.78 is 63.0. The van der Waals surface area contributed by atoms with Gasteiger partial charge < -0.3 is 47.4 Å². The molecule has 0 radical (unpaired) electrons. The third-order valence-electron chi connectivity index (χ3n) is 19.8. The maximum atomic E-state index is 14.1. The number of rotatable bonds is 80. The van der Waals surface area contributed by atoms with E-state index in [1.807, 2.05) is 0 Å². The zero-order valence-electron chi connectivity index (χ0n) is 68.9. The van der Waals surface area contributed by atoms with E-state index >= 15 is 0 Å². The Labute approximate surface area is 641 Å². The predicted molar refractivity (Wildman–Crippen MR) is 421 cm³/mol. The van der Waals surface area contributed by atoms with Crippen LogP contribution in [-0.2, 0) is 85.7 Å². The molecule has 0 aromatic heterocycles. The van der Waals surface area contributed by atoms with Gasteiger partial charge in [-0.2, -0.15) is 0 Å². The predicted octanol–water partition coefficient (Wildman–Crippen LogP) is 22.3. The van der Waals surface area contributed by atoms with Gasteiger partial charge in [0.15, 0.2) is 0 Å². The molecule has 0 rings (SSSR count). The lowest BCUT2D eigenvalue weighted by molar-refractivity contribution is -0.178. The van der Waals surface area contributed by atoms with Crippen LogP contribution in [0, 0.1) is 16.2 Å². The van der Waals surface area contributed by atoms with Crippen molar-refractivity contribution in [2.75, 3.05) is 79.3 Å². The molecule has 0 aromatic rings. The van der Waals surface area contributed by atoms with Gasteiger partial charge in [-0.3, -0.25) is 38.4 Å². The molecule has 0 atom stereocenters. The van der Waals surface area contributed by atoms with Crippen molar-refractivity contribution >= 4 is 47.8 Å². The van der Waals surface area contributed by atoms with Crippen LogP contribution in [0.15, 0.2) is 0 Å². The highest BCUT2D eigenvalue weighted by Crippen LogP contribution is 2.31. The van der Waals surface area contributed by atoms with E-state index in [9.17, 15) is 38.4 Å². The first-order chi connectivity index (χ1) is 51.1. The lowest BCUT2D eigenvalue weighted by Crippen LogP contribution is -2.48. The minimum absolute atomic E-state index is 0.130. The summed E-state index contributed by atoms with van der Waals surface area (Å²) in [5.74, 6) is -3.69. The minimum atomic E-state index is -1.50. The van der Waals surface area contributed by atoms with Crippen molar-refractivity contribution in [2.45, 2.75) is 415 Å². The number of carbonyl (C=O) groups is 8. The monoisotopic (exact) mass is 1490 g/mol. The van der Waals surface area contributed by atoms with Crippen molar-refractivity contribution in [3.8, 4) is 0 Å². The van der Waals surface area contributed by atoms with Crippen LogP contribution in [0.5, 0.6) is 0 Å². The van der Waals surface area contributed by atoms with E-state index in [1.54, 1.807) is 0 Å². The van der Waals surface area contributed by atoms with Gasteiger partial charge in [0, 0.05) is 51.4 Å². The summed E-state index contributed by atoms with van der Waals surface area (Å²) in [6.45, 7) is 13.2. The maximum Gasteiger partial charge on any atom is 0.305 e. The molecule has 616 valence electrons. The van der Waals surface area contributed by atoms with Crippen molar-refractivity contribution in [2.24, 2.45) is 16.2 Å². The number of hydrogen-bond donors (Lipinski definition) is 0. The first kappa shape index (κ1) is 101. The summed E-state index contributed by atoms with van der Waals surface area (Å²) in [5.41, 5.74) is -4.40. The molecule has 0 aliphatic heterocycles. The van der Waals surface area contributed by atoms with Crippen molar-refractivity contribution in [3.63, 3.8) is 0 Å². The zero-order chi connectivity index (χ0) is 77.3. The second-order valence-corrected chi connectivity index (χ2v) is 30.9. The molecule has 18 heteroatoms. The van der Waals surface area contributed by atoms with Crippen LogP contribution < -0.4 is 0 Å². The average Bonchev–Trinajstić information content (AvgIpc) is 0.837. The smallest absolute Gasteiger partial charge is 0.305 e. The third-order valence-corrected chi connectivity index (χ3v) is 19.8. The molecule has 0 spiro atoms. The lowest BCUT2D eigenvalue weighted by atomic mass is 9.89. The van der Waals surface area contributed by atoms with Crippen LogP contribution in [0.1, 0.15) is 415 Å². The molecule has 0 aliphatic carbocycles. The molecule has 105 heavy (non-hydrogen) atoms. The number of ether oxygens (including phenoxy) is 10. The largest absolute Gasteiger partial charge is 0.465 e. The van der Waals surface area contributed by atoms with Crippen molar-refractivity contribution in [3.05, 3.63) is 0 Å². The fourth-order valence-electron chi connectivity index (χ4n) is 12.6. The molecule has 0 unspecified atom stereocenters. The Kier molecular flexibility index (Phi) is 69.6. The van der Waals surface area contributed by atoms with Crippen LogP contribution in [0.4, 0.5) is 0 Å². The first-order valence-electron chi connectivity index (χ1n) is 43.5. The van der Waals surface area contributed by atoms with E-state index in [4.69, 9.17) is 47.4 Å². The van der Waals surface area contributed by atoms with E-state index in [2.05, 4.69) is 55.4 Å². The summed E-state index contributed by atoms with van der Waals surface area (Å²) in [5, 5.41) is 0.